The SMILES string of the molecule is CC(N)c1ccnc(OCc2cccs2)c1. The summed E-state index contributed by atoms with van der Waals surface area (Å²) < 4.78 is 5.58. The minimum Gasteiger partial charge on any atom is -0.472 e. The first-order valence-corrected chi connectivity index (χ1v) is 6.00. The van der Waals surface area contributed by atoms with Crippen LogP contribution in [0.1, 0.15) is 23.4 Å². The molecule has 84 valence electrons. The highest BCUT2D eigenvalue weighted by molar-refractivity contribution is 7.09. The smallest absolute Gasteiger partial charge is 0.213 e. The third-order valence-electron chi connectivity index (χ3n) is 2.23. The minimum absolute atomic E-state index is 0.00656. The molecule has 2 N–H and O–H groups in total. The number of pyridine rings is 1. The number of ether oxygens (including phenoxy) is 1. The number of hydrogen-bond acceptors (Lipinski definition) is 4. The first kappa shape index (κ1) is 11.1. The summed E-state index contributed by atoms with van der Waals surface area (Å²) >= 11 is 1.68. The molecule has 0 radical (unpaired) electrons. The zero-order chi connectivity index (χ0) is 11.4. The lowest BCUT2D eigenvalue weighted by Crippen LogP contribution is -2.05. The van der Waals surface area contributed by atoms with E-state index in [-0.39, 0.29) is 6.04 Å². The van der Waals surface area contributed by atoms with Gasteiger partial charge in [0, 0.05) is 23.2 Å². The van der Waals surface area contributed by atoms with Crippen molar-refractivity contribution < 1.29 is 4.74 Å². The van der Waals surface area contributed by atoms with Crippen molar-refractivity contribution >= 4 is 11.3 Å². The Bertz CT molecular complexity index is 440. The number of hydrogen-bond donors (Lipinski definition) is 1. The summed E-state index contributed by atoms with van der Waals surface area (Å²) in [6.07, 6.45) is 1.72. The monoisotopic (exact) mass is 234 g/mol. The molecule has 0 aromatic carbocycles. The van der Waals surface area contributed by atoms with Crippen LogP contribution in [-0.4, -0.2) is 4.98 Å². The number of nitrogens with two attached hydrogens (primary N) is 1. The summed E-state index contributed by atoms with van der Waals surface area (Å²) in [7, 11) is 0. The summed E-state index contributed by atoms with van der Waals surface area (Å²) in [6, 6.07) is 7.85. The van der Waals surface area contributed by atoms with Crippen molar-refractivity contribution in [2.75, 3.05) is 0 Å². The molecule has 0 aliphatic heterocycles. The van der Waals surface area contributed by atoms with E-state index >= 15 is 0 Å². The molecular formula is C12H14N2OS. The molecule has 0 amide bonds. The van der Waals surface area contributed by atoms with Gasteiger partial charge in [0.1, 0.15) is 6.61 Å². The second-order valence-electron chi connectivity index (χ2n) is 3.58. The average molecular weight is 234 g/mol. The predicted molar refractivity (Wildman–Crippen MR) is 65.5 cm³/mol. The van der Waals surface area contributed by atoms with Crippen molar-refractivity contribution in [2.45, 2.75) is 19.6 Å². The lowest BCUT2D eigenvalue weighted by atomic mass is 10.1. The fraction of sp³-hybridized carbons (Fsp3) is 0.250. The van der Waals surface area contributed by atoms with Crippen molar-refractivity contribution in [1.29, 1.82) is 0 Å². The number of nitrogens with zero attached hydrogens (tertiary/aromatic N) is 1. The molecule has 0 bridgehead atoms. The van der Waals surface area contributed by atoms with Gasteiger partial charge in [0.25, 0.3) is 0 Å². The maximum Gasteiger partial charge on any atom is 0.213 e. The molecule has 0 fully saturated rings. The highest BCUT2D eigenvalue weighted by Gasteiger charge is 2.02. The van der Waals surface area contributed by atoms with Gasteiger partial charge in [0.15, 0.2) is 0 Å². The van der Waals surface area contributed by atoms with Crippen LogP contribution in [0.5, 0.6) is 5.88 Å². The van der Waals surface area contributed by atoms with E-state index in [9.17, 15) is 0 Å². The van der Waals surface area contributed by atoms with E-state index in [0.29, 0.717) is 12.5 Å². The molecule has 0 saturated carbocycles. The average Bonchev–Trinajstić information content (AvgIpc) is 2.79. The fourth-order valence-electron chi connectivity index (χ4n) is 1.33. The topological polar surface area (TPSA) is 48.1 Å². The van der Waals surface area contributed by atoms with Crippen molar-refractivity contribution in [3.05, 3.63) is 46.3 Å². The highest BCUT2D eigenvalue weighted by Crippen LogP contribution is 2.17. The highest BCUT2D eigenvalue weighted by atomic mass is 32.1. The predicted octanol–water partition coefficient (Wildman–Crippen LogP) is 2.74. The van der Waals surface area contributed by atoms with E-state index < -0.39 is 0 Å². The molecule has 0 aliphatic carbocycles. The van der Waals surface area contributed by atoms with Gasteiger partial charge in [-0.25, -0.2) is 4.98 Å². The molecule has 4 heteroatoms. The van der Waals surface area contributed by atoms with Crippen molar-refractivity contribution in [1.82, 2.24) is 4.98 Å². The van der Waals surface area contributed by atoms with Crippen LogP contribution < -0.4 is 10.5 Å². The van der Waals surface area contributed by atoms with Gasteiger partial charge in [0.05, 0.1) is 0 Å². The third kappa shape index (κ3) is 2.81. The molecule has 0 spiro atoms. The normalized spacial score (nSPS) is 12.4. The Morgan fingerprint density at radius 3 is 3.06 bits per heavy atom. The van der Waals surface area contributed by atoms with Crippen LogP contribution in [0.15, 0.2) is 35.8 Å². The quantitative estimate of drug-likeness (QED) is 0.884. The second kappa shape index (κ2) is 5.09. The number of thiophene rings is 1. The Labute approximate surface area is 98.9 Å². The van der Waals surface area contributed by atoms with E-state index in [1.165, 1.54) is 4.88 Å². The number of rotatable bonds is 4. The van der Waals surface area contributed by atoms with Crippen LogP contribution in [0.3, 0.4) is 0 Å². The van der Waals surface area contributed by atoms with Crippen LogP contribution in [0.25, 0.3) is 0 Å². The summed E-state index contributed by atoms with van der Waals surface area (Å²) in [6.45, 7) is 2.51. The molecule has 1 unspecified atom stereocenters. The zero-order valence-corrected chi connectivity index (χ0v) is 9.91. The molecule has 3 nitrogen and oxygen atoms in total. The number of aromatic nitrogens is 1. The van der Waals surface area contributed by atoms with Gasteiger partial charge >= 0.3 is 0 Å². The Kier molecular flexibility index (Phi) is 3.54. The lowest BCUT2D eigenvalue weighted by Gasteiger charge is -2.08. The molecule has 16 heavy (non-hydrogen) atoms. The van der Waals surface area contributed by atoms with E-state index in [1.807, 2.05) is 36.6 Å². The van der Waals surface area contributed by atoms with Gasteiger partial charge in [-0.2, -0.15) is 0 Å². The van der Waals surface area contributed by atoms with Gasteiger partial charge in [-0.1, -0.05) is 6.07 Å². The molecule has 2 aromatic heterocycles. The molecule has 1 atom stereocenters. The Morgan fingerprint density at radius 1 is 1.50 bits per heavy atom. The van der Waals surface area contributed by atoms with E-state index in [2.05, 4.69) is 4.98 Å². The summed E-state index contributed by atoms with van der Waals surface area (Å²) in [5.74, 6) is 0.628. The molecular weight excluding hydrogens is 220 g/mol. The van der Waals surface area contributed by atoms with Crippen molar-refractivity contribution in [3.63, 3.8) is 0 Å². The largest absolute Gasteiger partial charge is 0.472 e. The van der Waals surface area contributed by atoms with Gasteiger partial charge in [-0.3, -0.25) is 0 Å². The van der Waals surface area contributed by atoms with Crippen molar-refractivity contribution in [2.24, 2.45) is 5.73 Å². The van der Waals surface area contributed by atoms with E-state index in [4.69, 9.17) is 10.5 Å². The van der Waals surface area contributed by atoms with Gasteiger partial charge in [0.2, 0.25) is 5.88 Å². The van der Waals surface area contributed by atoms with Crippen LogP contribution >= 0.6 is 11.3 Å². The molecule has 0 saturated heterocycles. The molecule has 2 heterocycles. The van der Waals surface area contributed by atoms with E-state index in [0.717, 1.165) is 5.56 Å². The van der Waals surface area contributed by atoms with Crippen LogP contribution in [-0.2, 0) is 6.61 Å². The van der Waals surface area contributed by atoms with Gasteiger partial charge in [-0.15, -0.1) is 11.3 Å². The van der Waals surface area contributed by atoms with Gasteiger partial charge in [-0.05, 0) is 30.0 Å². The lowest BCUT2D eigenvalue weighted by molar-refractivity contribution is 0.297. The second-order valence-corrected chi connectivity index (χ2v) is 4.62. The summed E-state index contributed by atoms with van der Waals surface area (Å²) in [5, 5.41) is 2.03. The molecule has 0 aliphatic rings. The summed E-state index contributed by atoms with van der Waals surface area (Å²) in [4.78, 5) is 5.34. The van der Waals surface area contributed by atoms with Crippen LogP contribution in [0.4, 0.5) is 0 Å². The summed E-state index contributed by atoms with van der Waals surface area (Å²) in [5.41, 5.74) is 6.83. The Hall–Kier alpha value is -1.39. The standard InChI is InChI=1S/C12H14N2OS/c1-9(13)10-4-5-14-12(7-10)15-8-11-3-2-6-16-11/h2-7,9H,8,13H2,1H3. The fourth-order valence-corrected chi connectivity index (χ4v) is 1.94. The maximum absolute atomic E-state index is 5.79. The molecule has 2 aromatic rings. The van der Waals surface area contributed by atoms with Crippen LogP contribution in [0.2, 0.25) is 0 Å². The molecule has 2 rings (SSSR count). The van der Waals surface area contributed by atoms with Crippen molar-refractivity contribution in [3.8, 4) is 5.88 Å². The minimum atomic E-state index is 0.00656. The maximum atomic E-state index is 5.79. The Morgan fingerprint density at radius 2 is 2.38 bits per heavy atom. The first-order valence-electron chi connectivity index (χ1n) is 5.12. The first-order chi connectivity index (χ1) is 7.75. The zero-order valence-electron chi connectivity index (χ0n) is 9.09. The Balaban J connectivity index is 2.01. The van der Waals surface area contributed by atoms with Crippen LogP contribution in [0, 0.1) is 0 Å². The third-order valence-corrected chi connectivity index (χ3v) is 3.08. The van der Waals surface area contributed by atoms with E-state index in [1.54, 1.807) is 17.5 Å². The van der Waals surface area contributed by atoms with Gasteiger partial charge < -0.3 is 10.5 Å².